The van der Waals surface area contributed by atoms with Crippen LogP contribution in [0.3, 0.4) is 0 Å². The van der Waals surface area contributed by atoms with Gasteiger partial charge in [-0.3, -0.25) is 24.2 Å². The lowest BCUT2D eigenvalue weighted by Gasteiger charge is -2.26. The van der Waals surface area contributed by atoms with Crippen LogP contribution in [0.25, 0.3) is 16.9 Å². The van der Waals surface area contributed by atoms with Crippen LogP contribution in [0.4, 0.5) is 11.4 Å². The van der Waals surface area contributed by atoms with Crippen molar-refractivity contribution in [3.05, 3.63) is 52.3 Å². The van der Waals surface area contributed by atoms with Crippen molar-refractivity contribution >= 4 is 22.9 Å². The van der Waals surface area contributed by atoms with E-state index in [9.17, 15) is 14.9 Å². The highest BCUT2D eigenvalue weighted by atomic mass is 16.6. The predicted octanol–water partition coefficient (Wildman–Crippen LogP) is 2.06. The number of carbonyl (C=O) groups is 1. The number of carbonyl (C=O) groups excluding carboxylic acids is 1. The van der Waals surface area contributed by atoms with Crippen molar-refractivity contribution in [1.82, 2.24) is 19.6 Å². The smallest absolute Gasteiger partial charge is 0.286 e. The maximum absolute atomic E-state index is 12.1. The standard InChI is InChI=1S/C22H24N6O4/c1-25-17-11-15(3-5-19(17)32-14-21(25)29)22-18(13-26-9-2-7-23-8-10-26)27-12-16(28(30)31)4-6-20(27)24-22/h3-6,11-12,23H,2,7-10,13-14H2,1H3. The number of fused-ring (bicyclic) bond motifs is 2. The van der Waals surface area contributed by atoms with Crippen LogP contribution < -0.4 is 15.0 Å². The second kappa shape index (κ2) is 8.21. The molecule has 4 heterocycles. The van der Waals surface area contributed by atoms with E-state index in [1.165, 1.54) is 12.3 Å². The number of pyridine rings is 1. The second-order valence-electron chi connectivity index (χ2n) is 8.08. The maximum atomic E-state index is 12.1. The second-order valence-corrected chi connectivity index (χ2v) is 8.08. The normalized spacial score (nSPS) is 17.2. The Hall–Kier alpha value is -3.50. The third-order valence-corrected chi connectivity index (χ3v) is 6.04. The van der Waals surface area contributed by atoms with Crippen LogP contribution in [0.5, 0.6) is 5.75 Å². The zero-order chi connectivity index (χ0) is 22.2. The first-order chi connectivity index (χ1) is 15.5. The first-order valence-electron chi connectivity index (χ1n) is 10.6. The molecule has 2 aliphatic heterocycles. The third kappa shape index (κ3) is 3.67. The van der Waals surface area contributed by atoms with E-state index in [0.29, 0.717) is 23.6 Å². The molecule has 0 atom stereocenters. The molecule has 10 nitrogen and oxygen atoms in total. The van der Waals surface area contributed by atoms with E-state index in [2.05, 4.69) is 10.2 Å². The fourth-order valence-corrected chi connectivity index (χ4v) is 4.26. The number of aromatic nitrogens is 2. The summed E-state index contributed by atoms with van der Waals surface area (Å²) < 4.78 is 7.37. The fraction of sp³-hybridized carbons (Fsp3) is 0.364. The van der Waals surface area contributed by atoms with Crippen LogP contribution in [0.2, 0.25) is 0 Å². The number of ether oxygens (including phenoxy) is 1. The minimum atomic E-state index is -0.393. The summed E-state index contributed by atoms with van der Waals surface area (Å²) in [6.07, 6.45) is 2.57. The number of nitro groups is 1. The molecule has 10 heteroatoms. The van der Waals surface area contributed by atoms with Crippen molar-refractivity contribution in [2.24, 2.45) is 0 Å². The number of nitrogens with one attached hydrogen (secondary N) is 1. The average Bonchev–Trinajstić information content (AvgIpc) is 2.95. The topological polar surface area (TPSA) is 105 Å². The molecule has 1 amide bonds. The number of benzene rings is 1. The van der Waals surface area contributed by atoms with Crippen molar-refractivity contribution < 1.29 is 14.5 Å². The number of hydrogen-bond donors (Lipinski definition) is 1. The Morgan fingerprint density at radius 2 is 2.09 bits per heavy atom. The molecule has 0 bridgehead atoms. The molecule has 3 aromatic rings. The summed E-state index contributed by atoms with van der Waals surface area (Å²) in [5.74, 6) is 0.535. The summed E-state index contributed by atoms with van der Waals surface area (Å²) >= 11 is 0. The van der Waals surface area contributed by atoms with Crippen LogP contribution in [0.1, 0.15) is 12.1 Å². The quantitative estimate of drug-likeness (QED) is 0.493. The van der Waals surface area contributed by atoms with Crippen LogP contribution in [-0.2, 0) is 11.3 Å². The first-order valence-corrected chi connectivity index (χ1v) is 10.6. The van der Waals surface area contributed by atoms with Gasteiger partial charge in [0.2, 0.25) is 0 Å². The van der Waals surface area contributed by atoms with Crippen molar-refractivity contribution in [3.8, 4) is 17.0 Å². The van der Waals surface area contributed by atoms with Crippen molar-refractivity contribution in [1.29, 1.82) is 0 Å². The van der Waals surface area contributed by atoms with Crippen LogP contribution >= 0.6 is 0 Å². The molecule has 1 fully saturated rings. The molecule has 32 heavy (non-hydrogen) atoms. The lowest BCUT2D eigenvalue weighted by atomic mass is 10.1. The molecule has 166 valence electrons. The van der Waals surface area contributed by atoms with Crippen molar-refractivity contribution in [2.45, 2.75) is 13.0 Å². The lowest BCUT2D eigenvalue weighted by molar-refractivity contribution is -0.385. The molecule has 1 aromatic carbocycles. The van der Waals surface area contributed by atoms with Gasteiger partial charge in [-0.25, -0.2) is 4.98 Å². The Kier molecular flexibility index (Phi) is 5.24. The zero-order valence-corrected chi connectivity index (χ0v) is 17.8. The van der Waals surface area contributed by atoms with Gasteiger partial charge in [-0.1, -0.05) is 0 Å². The molecule has 1 N–H and O–H groups in total. The molecule has 0 unspecified atom stereocenters. The van der Waals surface area contributed by atoms with Gasteiger partial charge in [-0.2, -0.15) is 0 Å². The van der Waals surface area contributed by atoms with Crippen LogP contribution in [-0.4, -0.2) is 64.9 Å². The van der Waals surface area contributed by atoms with Gasteiger partial charge >= 0.3 is 0 Å². The number of rotatable bonds is 4. The van der Waals surface area contributed by atoms with Gasteiger partial charge in [-0.05, 0) is 43.8 Å². The monoisotopic (exact) mass is 436 g/mol. The van der Waals surface area contributed by atoms with E-state index in [1.54, 1.807) is 18.0 Å². The molecule has 5 rings (SSSR count). The minimum absolute atomic E-state index is 0.0180. The molecular formula is C22H24N6O4. The van der Waals surface area contributed by atoms with Gasteiger partial charge in [0.15, 0.2) is 6.61 Å². The van der Waals surface area contributed by atoms with Gasteiger partial charge in [0.1, 0.15) is 11.4 Å². The highest BCUT2D eigenvalue weighted by Gasteiger charge is 2.25. The zero-order valence-electron chi connectivity index (χ0n) is 17.8. The Balaban J connectivity index is 1.63. The molecule has 1 saturated heterocycles. The van der Waals surface area contributed by atoms with Gasteiger partial charge in [-0.15, -0.1) is 0 Å². The largest absolute Gasteiger partial charge is 0.482 e. The SMILES string of the molecule is CN1C(=O)COc2ccc(-c3nc4ccc([N+](=O)[O-])cn4c3CN3CCCNCC3)cc21. The minimum Gasteiger partial charge on any atom is -0.482 e. The molecule has 0 radical (unpaired) electrons. The van der Waals surface area contributed by atoms with E-state index in [4.69, 9.17) is 9.72 Å². The van der Waals surface area contributed by atoms with E-state index in [1.807, 2.05) is 22.6 Å². The highest BCUT2D eigenvalue weighted by molar-refractivity contribution is 5.98. The Labute approximate surface area is 184 Å². The van der Waals surface area contributed by atoms with Crippen molar-refractivity contribution in [2.75, 3.05) is 44.7 Å². The number of anilines is 1. The molecular weight excluding hydrogens is 412 g/mol. The third-order valence-electron chi connectivity index (χ3n) is 6.04. The highest BCUT2D eigenvalue weighted by Crippen LogP contribution is 2.36. The Morgan fingerprint density at radius 1 is 1.22 bits per heavy atom. The number of imidazole rings is 1. The molecule has 2 aliphatic rings. The van der Waals surface area contributed by atoms with Gasteiger partial charge in [0, 0.05) is 38.3 Å². The molecule has 0 spiro atoms. The number of hydrogen-bond acceptors (Lipinski definition) is 7. The van der Waals surface area contributed by atoms with Crippen LogP contribution in [0, 0.1) is 10.1 Å². The lowest BCUT2D eigenvalue weighted by Crippen LogP contribution is -2.35. The molecule has 0 aliphatic carbocycles. The van der Waals surface area contributed by atoms with E-state index >= 15 is 0 Å². The van der Waals surface area contributed by atoms with E-state index < -0.39 is 4.92 Å². The maximum Gasteiger partial charge on any atom is 0.286 e. The van der Waals surface area contributed by atoms with Crippen LogP contribution in [0.15, 0.2) is 36.5 Å². The average molecular weight is 436 g/mol. The first kappa shape index (κ1) is 20.4. The van der Waals surface area contributed by atoms with Gasteiger partial charge in [0.25, 0.3) is 11.6 Å². The molecule has 2 aromatic heterocycles. The van der Waals surface area contributed by atoms with Crippen molar-refractivity contribution in [3.63, 3.8) is 0 Å². The summed E-state index contributed by atoms with van der Waals surface area (Å²) in [6, 6.07) is 8.81. The van der Waals surface area contributed by atoms with Gasteiger partial charge < -0.3 is 15.0 Å². The van der Waals surface area contributed by atoms with E-state index in [-0.39, 0.29) is 18.2 Å². The fourth-order valence-electron chi connectivity index (χ4n) is 4.26. The summed E-state index contributed by atoms with van der Waals surface area (Å²) in [5, 5.41) is 14.8. The van der Waals surface area contributed by atoms with Gasteiger partial charge in [0.05, 0.1) is 28.2 Å². The Morgan fingerprint density at radius 3 is 2.94 bits per heavy atom. The number of nitrogens with zero attached hydrogens (tertiary/aromatic N) is 5. The summed E-state index contributed by atoms with van der Waals surface area (Å²) in [4.78, 5) is 31.9. The summed E-state index contributed by atoms with van der Waals surface area (Å²) in [5.41, 5.74) is 3.82. The Bertz CT molecular complexity index is 1200. The molecule has 0 saturated carbocycles. The number of amides is 1. The summed E-state index contributed by atoms with van der Waals surface area (Å²) in [7, 11) is 1.73. The predicted molar refractivity (Wildman–Crippen MR) is 119 cm³/mol. The summed E-state index contributed by atoms with van der Waals surface area (Å²) in [6.45, 7) is 4.33. The van der Waals surface area contributed by atoms with E-state index in [0.717, 1.165) is 49.6 Å². The number of likely N-dealkylation sites (N-methyl/N-ethyl adjacent to an activating group) is 1.